The number of hydrogen-bond acceptors (Lipinski definition) is 0. The van der Waals surface area contributed by atoms with Gasteiger partial charge in [-0.2, -0.15) is 0 Å². The van der Waals surface area contributed by atoms with Crippen LogP contribution in [0.3, 0.4) is 0 Å². The summed E-state index contributed by atoms with van der Waals surface area (Å²) in [7, 11) is 0. The molecule has 0 atom stereocenters. The van der Waals surface area contributed by atoms with Gasteiger partial charge in [0, 0.05) is 5.56 Å². The molecule has 1 saturated carbocycles. The zero-order valence-electron chi connectivity index (χ0n) is 13.0. The van der Waals surface area contributed by atoms with Gasteiger partial charge in [-0.15, -0.1) is 0 Å². The Morgan fingerprint density at radius 3 is 2.32 bits per heavy atom. The molecule has 0 radical (unpaired) electrons. The van der Waals surface area contributed by atoms with E-state index in [0.29, 0.717) is 12.3 Å². The first kappa shape index (κ1) is 17.1. The van der Waals surface area contributed by atoms with Crippen LogP contribution in [0.5, 0.6) is 0 Å². The molecular weight excluding hydrogens is 285 g/mol. The minimum atomic E-state index is -2.38. The molecule has 0 unspecified atom stereocenters. The van der Waals surface area contributed by atoms with Crippen molar-refractivity contribution in [3.63, 3.8) is 0 Å². The quantitative estimate of drug-likeness (QED) is 0.520. The van der Waals surface area contributed by atoms with Gasteiger partial charge in [-0.05, 0) is 62.3 Å². The molecule has 122 valence electrons. The molecule has 1 aliphatic rings. The second kappa shape index (κ2) is 9.02. The lowest BCUT2D eigenvalue weighted by Crippen LogP contribution is -2.13. The molecule has 0 saturated heterocycles. The third-order valence-electron chi connectivity index (χ3n) is 4.65. The summed E-state index contributed by atoms with van der Waals surface area (Å²) in [6, 6.07) is 6.72. The van der Waals surface area contributed by atoms with Crippen LogP contribution in [0, 0.1) is 11.8 Å². The molecule has 0 heterocycles. The van der Waals surface area contributed by atoms with Crippen LogP contribution in [0.25, 0.3) is 0 Å². The Morgan fingerprint density at radius 1 is 1.05 bits per heavy atom. The van der Waals surface area contributed by atoms with E-state index in [2.05, 4.69) is 6.08 Å². The first-order valence-electron chi connectivity index (χ1n) is 8.28. The Morgan fingerprint density at radius 2 is 1.73 bits per heavy atom. The van der Waals surface area contributed by atoms with Gasteiger partial charge in [-0.3, -0.25) is 4.39 Å². The van der Waals surface area contributed by atoms with Gasteiger partial charge in [0.15, 0.2) is 0 Å². The predicted molar refractivity (Wildman–Crippen MR) is 84.9 cm³/mol. The summed E-state index contributed by atoms with van der Waals surface area (Å²) in [4.78, 5) is 0. The molecule has 0 amide bonds. The summed E-state index contributed by atoms with van der Waals surface area (Å²) >= 11 is 0. The minimum absolute atomic E-state index is 0.101. The Bertz CT molecular complexity index is 442. The molecule has 0 spiro atoms. The fourth-order valence-electron chi connectivity index (χ4n) is 3.22. The monoisotopic (exact) mass is 310 g/mol. The van der Waals surface area contributed by atoms with Gasteiger partial charge >= 0.3 is 0 Å². The van der Waals surface area contributed by atoms with Crippen molar-refractivity contribution in [3.8, 4) is 0 Å². The third-order valence-corrected chi connectivity index (χ3v) is 4.65. The van der Waals surface area contributed by atoms with Gasteiger partial charge < -0.3 is 0 Å². The standard InChI is InChI=1S/C19H25F3/c20-14-2-1-3-15-4-6-16(7-5-15)8-9-17-10-12-18(13-11-17)19(21)22/h1,3,10-13,15-16,19H,2,4-9,14H2/b3-1+. The van der Waals surface area contributed by atoms with E-state index in [1.165, 1.54) is 37.8 Å². The van der Waals surface area contributed by atoms with Crippen LogP contribution in [0.1, 0.15) is 56.1 Å². The van der Waals surface area contributed by atoms with E-state index in [-0.39, 0.29) is 12.2 Å². The van der Waals surface area contributed by atoms with E-state index in [4.69, 9.17) is 0 Å². The highest BCUT2D eigenvalue weighted by atomic mass is 19.3. The number of halogens is 3. The maximum atomic E-state index is 12.5. The summed E-state index contributed by atoms with van der Waals surface area (Å²) < 4.78 is 37.0. The van der Waals surface area contributed by atoms with E-state index >= 15 is 0 Å². The second-order valence-corrected chi connectivity index (χ2v) is 6.27. The van der Waals surface area contributed by atoms with Gasteiger partial charge in [-0.25, -0.2) is 8.78 Å². The fraction of sp³-hybridized carbons (Fsp3) is 0.579. The number of allylic oxidation sites excluding steroid dienone is 2. The summed E-state index contributed by atoms with van der Waals surface area (Å²) in [6.45, 7) is -0.268. The molecule has 1 aromatic rings. The van der Waals surface area contributed by atoms with Crippen molar-refractivity contribution in [1.82, 2.24) is 0 Å². The largest absolute Gasteiger partial charge is 0.263 e. The van der Waals surface area contributed by atoms with Gasteiger partial charge in [0.2, 0.25) is 0 Å². The summed E-state index contributed by atoms with van der Waals surface area (Å²) in [6.07, 6.45) is 9.23. The maximum absolute atomic E-state index is 12.5. The number of alkyl halides is 3. The lowest BCUT2D eigenvalue weighted by atomic mass is 9.79. The summed E-state index contributed by atoms with van der Waals surface area (Å²) in [5, 5.41) is 0. The van der Waals surface area contributed by atoms with Crippen molar-refractivity contribution >= 4 is 0 Å². The zero-order chi connectivity index (χ0) is 15.8. The van der Waals surface area contributed by atoms with E-state index < -0.39 is 6.43 Å². The molecule has 0 nitrogen and oxygen atoms in total. The normalized spacial score (nSPS) is 22.5. The van der Waals surface area contributed by atoms with Crippen LogP contribution >= 0.6 is 0 Å². The van der Waals surface area contributed by atoms with Crippen LogP contribution in [-0.2, 0) is 6.42 Å². The Labute approximate surface area is 131 Å². The smallest absolute Gasteiger partial charge is 0.251 e. The molecule has 0 N–H and O–H groups in total. The van der Waals surface area contributed by atoms with Crippen molar-refractivity contribution in [2.45, 2.75) is 51.4 Å². The Kier molecular flexibility index (Phi) is 7.01. The highest BCUT2D eigenvalue weighted by Crippen LogP contribution is 2.32. The van der Waals surface area contributed by atoms with Crippen molar-refractivity contribution in [1.29, 1.82) is 0 Å². The molecule has 22 heavy (non-hydrogen) atoms. The second-order valence-electron chi connectivity index (χ2n) is 6.27. The Balaban J connectivity index is 1.70. The molecule has 1 fully saturated rings. The third kappa shape index (κ3) is 5.51. The topological polar surface area (TPSA) is 0 Å². The molecule has 0 aromatic heterocycles. The van der Waals surface area contributed by atoms with Crippen molar-refractivity contribution < 1.29 is 13.2 Å². The van der Waals surface area contributed by atoms with Crippen molar-refractivity contribution in [2.75, 3.05) is 6.67 Å². The van der Waals surface area contributed by atoms with Crippen LogP contribution in [0.4, 0.5) is 13.2 Å². The minimum Gasteiger partial charge on any atom is -0.251 e. The number of benzene rings is 1. The Hall–Kier alpha value is -1.25. The lowest BCUT2D eigenvalue weighted by molar-refractivity contribution is 0.151. The first-order valence-corrected chi connectivity index (χ1v) is 8.28. The predicted octanol–water partition coefficient (Wildman–Crippen LogP) is 6.28. The van der Waals surface area contributed by atoms with Gasteiger partial charge in [0.1, 0.15) is 0 Å². The van der Waals surface area contributed by atoms with Crippen molar-refractivity contribution in [3.05, 3.63) is 47.5 Å². The highest BCUT2D eigenvalue weighted by Gasteiger charge is 2.19. The van der Waals surface area contributed by atoms with Crippen LogP contribution in [0.2, 0.25) is 0 Å². The molecule has 1 aromatic carbocycles. The lowest BCUT2D eigenvalue weighted by Gasteiger charge is -2.26. The zero-order valence-corrected chi connectivity index (χ0v) is 13.0. The molecule has 2 rings (SSSR count). The van der Waals surface area contributed by atoms with Gasteiger partial charge in [0.05, 0.1) is 6.67 Å². The first-order chi connectivity index (χ1) is 10.7. The maximum Gasteiger partial charge on any atom is 0.263 e. The average Bonchev–Trinajstić information content (AvgIpc) is 2.55. The summed E-state index contributed by atoms with van der Waals surface area (Å²) in [5.41, 5.74) is 1.25. The van der Waals surface area contributed by atoms with E-state index in [1.54, 1.807) is 0 Å². The summed E-state index contributed by atoms with van der Waals surface area (Å²) in [5.74, 6) is 1.36. The molecule has 0 aliphatic heterocycles. The van der Waals surface area contributed by atoms with Gasteiger partial charge in [0.25, 0.3) is 6.43 Å². The van der Waals surface area contributed by atoms with Crippen LogP contribution in [0.15, 0.2) is 36.4 Å². The number of aryl methyl sites for hydroxylation is 1. The van der Waals surface area contributed by atoms with Crippen molar-refractivity contribution in [2.24, 2.45) is 11.8 Å². The number of hydrogen-bond donors (Lipinski definition) is 0. The van der Waals surface area contributed by atoms with E-state index in [9.17, 15) is 13.2 Å². The van der Waals surface area contributed by atoms with Gasteiger partial charge in [-0.1, -0.05) is 36.4 Å². The fourth-order valence-corrected chi connectivity index (χ4v) is 3.22. The average molecular weight is 310 g/mol. The van der Waals surface area contributed by atoms with Crippen LogP contribution in [-0.4, -0.2) is 6.67 Å². The molecule has 3 heteroatoms. The number of rotatable bonds is 7. The molecular formula is C19H25F3. The molecule has 1 aliphatic carbocycles. The van der Waals surface area contributed by atoms with E-state index in [0.717, 1.165) is 24.3 Å². The van der Waals surface area contributed by atoms with Crippen LogP contribution < -0.4 is 0 Å². The molecule has 0 bridgehead atoms. The SMILES string of the molecule is FCC/C=C/C1CCC(CCc2ccc(C(F)F)cc2)CC1. The van der Waals surface area contributed by atoms with E-state index in [1.807, 2.05) is 18.2 Å². The highest BCUT2D eigenvalue weighted by molar-refractivity contribution is 5.23.